The van der Waals surface area contributed by atoms with Crippen LogP contribution in [0.5, 0.6) is 0 Å². The Morgan fingerprint density at radius 1 is 1.71 bits per heavy atom. The quantitative estimate of drug-likeness (QED) is 0.696. The van der Waals surface area contributed by atoms with Gasteiger partial charge in [-0.05, 0) is 38.7 Å². The maximum atomic E-state index is 11.9. The largest absolute Gasteiger partial charge is 0.349 e. The summed E-state index contributed by atoms with van der Waals surface area (Å²) in [6, 6.07) is 1.89. The van der Waals surface area contributed by atoms with Crippen LogP contribution < -0.4 is 11.1 Å². The van der Waals surface area contributed by atoms with Crippen LogP contribution in [0.4, 0.5) is 0 Å². The van der Waals surface area contributed by atoms with E-state index < -0.39 is 0 Å². The van der Waals surface area contributed by atoms with Gasteiger partial charge in [0.1, 0.15) is 0 Å². The van der Waals surface area contributed by atoms with Crippen LogP contribution in [0, 0.1) is 12.8 Å². The Bertz CT molecular complexity index is 410. The third-order valence-electron chi connectivity index (χ3n) is 3.43. The molecule has 0 bridgehead atoms. The number of nitrogens with zero attached hydrogens (tertiary/aromatic N) is 1. The second-order valence-electron chi connectivity index (χ2n) is 5.16. The van der Waals surface area contributed by atoms with E-state index in [9.17, 15) is 4.79 Å². The smallest absolute Gasteiger partial charge is 0.226 e. The zero-order valence-electron chi connectivity index (χ0n) is 10.4. The number of hydrogen-bond acceptors (Lipinski definition) is 3. The molecule has 0 aliphatic heterocycles. The van der Waals surface area contributed by atoms with Crippen molar-refractivity contribution in [2.45, 2.75) is 38.6 Å². The molecule has 1 aromatic rings. The summed E-state index contributed by atoms with van der Waals surface area (Å²) in [6.07, 6.45) is 2.64. The highest BCUT2D eigenvalue weighted by molar-refractivity contribution is 5.79. The molecule has 0 radical (unpaired) electrons. The predicted molar refractivity (Wildman–Crippen MR) is 65.4 cm³/mol. The third-order valence-corrected chi connectivity index (χ3v) is 3.43. The van der Waals surface area contributed by atoms with Crippen molar-refractivity contribution < 1.29 is 4.79 Å². The van der Waals surface area contributed by atoms with Gasteiger partial charge in [0.05, 0.1) is 17.7 Å². The number of amides is 1. The minimum absolute atomic E-state index is 0.00338. The highest BCUT2D eigenvalue weighted by Crippen LogP contribution is 2.38. The van der Waals surface area contributed by atoms with Gasteiger partial charge in [-0.15, -0.1) is 0 Å². The molecule has 1 aromatic heterocycles. The van der Waals surface area contributed by atoms with E-state index in [1.807, 2.05) is 19.9 Å². The van der Waals surface area contributed by atoms with Crippen LogP contribution in [0.25, 0.3) is 0 Å². The molecule has 1 saturated carbocycles. The lowest BCUT2D eigenvalue weighted by Gasteiger charge is -2.29. The number of rotatable bonds is 5. The zero-order chi connectivity index (χ0) is 12.5. The van der Waals surface area contributed by atoms with E-state index in [4.69, 9.17) is 5.73 Å². The highest BCUT2D eigenvalue weighted by Gasteiger charge is 2.41. The molecule has 0 spiro atoms. The summed E-state index contributed by atoms with van der Waals surface area (Å²) in [7, 11) is 0. The standard InChI is InChI=1S/C12H20N4O/c1-8-5-10(16-15-8)6-11(17)14-12(2,7-13)9-3-4-9/h5,9H,3-4,6-7,13H2,1-2H3,(H,14,17)(H,15,16). The van der Waals surface area contributed by atoms with Gasteiger partial charge < -0.3 is 11.1 Å². The predicted octanol–water partition coefficient (Wildman–Crippen LogP) is 0.504. The Morgan fingerprint density at radius 2 is 2.41 bits per heavy atom. The van der Waals surface area contributed by atoms with Gasteiger partial charge in [0.2, 0.25) is 5.91 Å². The summed E-state index contributed by atoms with van der Waals surface area (Å²) in [6.45, 7) is 4.43. The van der Waals surface area contributed by atoms with Gasteiger partial charge in [0, 0.05) is 12.2 Å². The Balaban J connectivity index is 1.92. The SMILES string of the molecule is Cc1cc(CC(=O)NC(C)(CN)C2CC2)n[nH]1. The third kappa shape index (κ3) is 2.85. The van der Waals surface area contributed by atoms with Gasteiger partial charge in [-0.2, -0.15) is 5.10 Å². The van der Waals surface area contributed by atoms with Gasteiger partial charge in [0.25, 0.3) is 0 Å². The molecule has 5 nitrogen and oxygen atoms in total. The van der Waals surface area contributed by atoms with E-state index in [-0.39, 0.29) is 11.4 Å². The molecule has 1 aliphatic carbocycles. The number of carbonyl (C=O) groups is 1. The summed E-state index contributed by atoms with van der Waals surface area (Å²) in [5.41, 5.74) is 7.25. The first-order valence-electron chi connectivity index (χ1n) is 6.05. The van der Waals surface area contributed by atoms with Crippen molar-refractivity contribution in [1.82, 2.24) is 15.5 Å². The molecule has 4 N–H and O–H groups in total. The number of aryl methyl sites for hydroxylation is 1. The minimum atomic E-state index is -0.248. The van der Waals surface area contributed by atoms with Crippen LogP contribution >= 0.6 is 0 Å². The van der Waals surface area contributed by atoms with Crippen LogP contribution in [0.15, 0.2) is 6.07 Å². The monoisotopic (exact) mass is 236 g/mol. The lowest BCUT2D eigenvalue weighted by molar-refractivity contribution is -0.122. The van der Waals surface area contributed by atoms with Crippen molar-refractivity contribution in [1.29, 1.82) is 0 Å². The van der Waals surface area contributed by atoms with Crippen molar-refractivity contribution in [2.24, 2.45) is 11.7 Å². The average molecular weight is 236 g/mol. The number of carbonyl (C=O) groups excluding carboxylic acids is 1. The van der Waals surface area contributed by atoms with E-state index >= 15 is 0 Å². The number of aromatic nitrogens is 2. The van der Waals surface area contributed by atoms with Crippen LogP contribution in [0.2, 0.25) is 0 Å². The minimum Gasteiger partial charge on any atom is -0.349 e. The Hall–Kier alpha value is -1.36. The topological polar surface area (TPSA) is 83.8 Å². The normalized spacial score (nSPS) is 18.8. The molecule has 1 amide bonds. The first-order chi connectivity index (χ1) is 8.03. The summed E-state index contributed by atoms with van der Waals surface area (Å²) >= 11 is 0. The first kappa shape index (κ1) is 12.1. The Morgan fingerprint density at radius 3 is 2.88 bits per heavy atom. The molecular weight excluding hydrogens is 216 g/mol. The van der Waals surface area contributed by atoms with Crippen molar-refractivity contribution in [3.8, 4) is 0 Å². The summed E-state index contributed by atoms with van der Waals surface area (Å²) in [4.78, 5) is 11.9. The van der Waals surface area contributed by atoms with Crippen molar-refractivity contribution in [3.63, 3.8) is 0 Å². The second-order valence-corrected chi connectivity index (χ2v) is 5.16. The number of nitrogens with one attached hydrogen (secondary N) is 2. The van der Waals surface area contributed by atoms with E-state index in [0.29, 0.717) is 18.9 Å². The molecule has 17 heavy (non-hydrogen) atoms. The fourth-order valence-corrected chi connectivity index (χ4v) is 2.13. The number of nitrogens with two attached hydrogens (primary N) is 1. The maximum absolute atomic E-state index is 11.9. The van der Waals surface area contributed by atoms with E-state index in [0.717, 1.165) is 24.2 Å². The Labute approximate surface area is 101 Å². The second kappa shape index (κ2) is 4.49. The highest BCUT2D eigenvalue weighted by atomic mass is 16.1. The van der Waals surface area contributed by atoms with Crippen molar-refractivity contribution in [2.75, 3.05) is 6.54 Å². The number of aromatic amines is 1. The van der Waals surface area contributed by atoms with Gasteiger partial charge in [0.15, 0.2) is 0 Å². The fourth-order valence-electron chi connectivity index (χ4n) is 2.13. The Kier molecular flexibility index (Phi) is 3.19. The molecule has 5 heteroatoms. The molecule has 0 saturated heterocycles. The molecule has 2 rings (SSSR count). The lowest BCUT2D eigenvalue weighted by atomic mass is 9.95. The van der Waals surface area contributed by atoms with Crippen molar-refractivity contribution in [3.05, 3.63) is 17.5 Å². The summed E-state index contributed by atoms with van der Waals surface area (Å²) in [5, 5.41) is 9.93. The molecule has 1 heterocycles. The zero-order valence-corrected chi connectivity index (χ0v) is 10.4. The van der Waals surface area contributed by atoms with Gasteiger partial charge in [-0.3, -0.25) is 9.89 Å². The maximum Gasteiger partial charge on any atom is 0.226 e. The molecule has 94 valence electrons. The molecule has 1 fully saturated rings. The molecular formula is C12H20N4O. The van der Waals surface area contributed by atoms with E-state index in [1.54, 1.807) is 0 Å². The number of H-pyrrole nitrogens is 1. The average Bonchev–Trinajstić information content (AvgIpc) is 3.04. The first-order valence-corrected chi connectivity index (χ1v) is 6.05. The molecule has 1 unspecified atom stereocenters. The summed E-state index contributed by atoms with van der Waals surface area (Å²) < 4.78 is 0. The summed E-state index contributed by atoms with van der Waals surface area (Å²) in [5.74, 6) is 0.536. The van der Waals surface area contributed by atoms with E-state index in [1.165, 1.54) is 0 Å². The molecule has 1 aliphatic rings. The van der Waals surface area contributed by atoms with Crippen molar-refractivity contribution >= 4 is 5.91 Å². The van der Waals surface area contributed by atoms with Gasteiger partial charge in [-0.1, -0.05) is 0 Å². The van der Waals surface area contributed by atoms with Crippen LogP contribution in [-0.2, 0) is 11.2 Å². The van der Waals surface area contributed by atoms with Gasteiger partial charge >= 0.3 is 0 Å². The molecule has 0 aromatic carbocycles. The van der Waals surface area contributed by atoms with E-state index in [2.05, 4.69) is 15.5 Å². The van der Waals surface area contributed by atoms with Crippen LogP contribution in [0.1, 0.15) is 31.2 Å². The van der Waals surface area contributed by atoms with Gasteiger partial charge in [-0.25, -0.2) is 0 Å². The van der Waals surface area contributed by atoms with Crippen LogP contribution in [0.3, 0.4) is 0 Å². The lowest BCUT2D eigenvalue weighted by Crippen LogP contribution is -2.53. The molecule has 1 atom stereocenters. The number of hydrogen-bond donors (Lipinski definition) is 3. The fraction of sp³-hybridized carbons (Fsp3) is 0.667. The van der Waals surface area contributed by atoms with Crippen LogP contribution in [-0.4, -0.2) is 28.2 Å².